The molecule has 4 aromatic carbocycles. The number of benzene rings is 4. The van der Waals surface area contributed by atoms with Crippen LogP contribution in [-0.2, 0) is 19.6 Å². The van der Waals surface area contributed by atoms with Gasteiger partial charge in [-0.15, -0.1) is 0 Å². The molecular formula is C32H32N4O4. The number of ether oxygens (including phenoxy) is 3. The number of hydrogen-bond acceptors (Lipinski definition) is 5. The fourth-order valence-corrected chi connectivity index (χ4v) is 4.38. The molecule has 2 N–H and O–H groups in total. The first kappa shape index (κ1) is 26.6. The third-order valence-corrected chi connectivity index (χ3v) is 6.55. The summed E-state index contributed by atoms with van der Waals surface area (Å²) in [5, 5.41) is 11.4. The van der Waals surface area contributed by atoms with Crippen LogP contribution in [-0.4, -0.2) is 36.6 Å². The van der Waals surface area contributed by atoms with Crippen LogP contribution in [0.3, 0.4) is 0 Å². The summed E-state index contributed by atoms with van der Waals surface area (Å²) in [7, 11) is 3.28. The number of fused-ring (bicyclic) bond motifs is 1. The van der Waals surface area contributed by atoms with E-state index in [1.165, 1.54) is 0 Å². The molecule has 0 fully saturated rings. The van der Waals surface area contributed by atoms with Crippen molar-refractivity contribution in [2.75, 3.05) is 26.1 Å². The number of para-hydroxylation sites is 1. The maximum Gasteiger partial charge on any atom is 0.320 e. The van der Waals surface area contributed by atoms with Gasteiger partial charge >= 0.3 is 6.03 Å². The zero-order chi connectivity index (χ0) is 27.7. The molecule has 0 unspecified atom stereocenters. The monoisotopic (exact) mass is 536 g/mol. The summed E-state index contributed by atoms with van der Waals surface area (Å²) < 4.78 is 18.3. The second kappa shape index (κ2) is 12.7. The first-order chi connectivity index (χ1) is 19.6. The highest BCUT2D eigenvalue weighted by Crippen LogP contribution is 2.24. The van der Waals surface area contributed by atoms with E-state index in [0.29, 0.717) is 31.9 Å². The van der Waals surface area contributed by atoms with Gasteiger partial charge in [0.15, 0.2) is 5.82 Å². The second-order valence-electron chi connectivity index (χ2n) is 9.29. The van der Waals surface area contributed by atoms with Crippen molar-refractivity contribution < 1.29 is 19.0 Å². The smallest absolute Gasteiger partial charge is 0.320 e. The molecule has 0 saturated carbocycles. The van der Waals surface area contributed by atoms with Crippen LogP contribution in [0.1, 0.15) is 16.7 Å². The third-order valence-electron chi connectivity index (χ3n) is 6.55. The molecular weight excluding hydrogens is 504 g/mol. The number of nitrogens with one attached hydrogen (secondary N) is 2. The Morgan fingerprint density at radius 2 is 1.48 bits per heavy atom. The number of aromatic nitrogens is 2. The molecule has 8 heteroatoms. The van der Waals surface area contributed by atoms with E-state index in [9.17, 15) is 4.79 Å². The van der Waals surface area contributed by atoms with Crippen LogP contribution in [0.15, 0.2) is 97.1 Å². The molecule has 1 aromatic heterocycles. The van der Waals surface area contributed by atoms with Gasteiger partial charge in [-0.3, -0.25) is 10.00 Å². The van der Waals surface area contributed by atoms with Crippen LogP contribution in [0.5, 0.6) is 17.2 Å². The van der Waals surface area contributed by atoms with Crippen molar-refractivity contribution in [2.24, 2.45) is 0 Å². The number of anilines is 1. The Labute approximate surface area is 233 Å². The SMILES string of the molecule is COc1ccc(CCNC(=O)Nc2nn(Cc3ccc(COc4cccc(OC)c4)cc3)c3ccccc23)cc1. The maximum atomic E-state index is 12.6. The van der Waals surface area contributed by atoms with Gasteiger partial charge in [-0.05, 0) is 59.5 Å². The molecule has 0 atom stereocenters. The fourth-order valence-electron chi connectivity index (χ4n) is 4.38. The summed E-state index contributed by atoms with van der Waals surface area (Å²) in [6.07, 6.45) is 0.715. The van der Waals surface area contributed by atoms with Gasteiger partial charge in [-0.2, -0.15) is 5.10 Å². The lowest BCUT2D eigenvalue weighted by atomic mass is 10.1. The van der Waals surface area contributed by atoms with Gasteiger partial charge in [-0.1, -0.05) is 54.6 Å². The Kier molecular flexibility index (Phi) is 8.46. The Balaban J connectivity index is 1.19. The quantitative estimate of drug-likeness (QED) is 0.215. The van der Waals surface area contributed by atoms with Crippen LogP contribution in [0.4, 0.5) is 10.6 Å². The molecule has 204 valence electrons. The van der Waals surface area contributed by atoms with Crippen LogP contribution >= 0.6 is 0 Å². The number of carbonyl (C=O) groups is 1. The van der Waals surface area contributed by atoms with Gasteiger partial charge in [0.25, 0.3) is 0 Å². The summed E-state index contributed by atoms with van der Waals surface area (Å²) in [6, 6.07) is 31.2. The highest BCUT2D eigenvalue weighted by molar-refractivity contribution is 5.99. The predicted octanol–water partition coefficient (Wildman–Crippen LogP) is 6.05. The fraction of sp³-hybridized carbons (Fsp3) is 0.188. The van der Waals surface area contributed by atoms with Crippen molar-refractivity contribution in [2.45, 2.75) is 19.6 Å². The third kappa shape index (κ3) is 6.71. The van der Waals surface area contributed by atoms with E-state index in [0.717, 1.165) is 44.8 Å². The van der Waals surface area contributed by atoms with Gasteiger partial charge < -0.3 is 19.5 Å². The van der Waals surface area contributed by atoms with Crippen molar-refractivity contribution in [1.29, 1.82) is 0 Å². The van der Waals surface area contributed by atoms with E-state index in [1.807, 2.05) is 77.5 Å². The number of rotatable bonds is 11. The van der Waals surface area contributed by atoms with Gasteiger partial charge in [0.1, 0.15) is 23.9 Å². The summed E-state index contributed by atoms with van der Waals surface area (Å²) >= 11 is 0. The normalized spacial score (nSPS) is 10.8. The standard InChI is InChI=1S/C32H32N4O4/c1-38-26-16-14-23(15-17-26)18-19-33-32(37)34-31-29-8-3-4-9-30(29)36(35-31)21-24-10-12-25(13-11-24)22-40-28-7-5-6-27(20-28)39-2/h3-17,20H,18-19,21-22H2,1-2H3,(H2,33,34,35,37). The van der Waals surface area contributed by atoms with Crippen LogP contribution in [0.2, 0.25) is 0 Å². The molecule has 0 bridgehead atoms. The molecule has 0 saturated heterocycles. The van der Waals surface area contributed by atoms with Crippen molar-refractivity contribution >= 4 is 22.8 Å². The van der Waals surface area contributed by atoms with E-state index in [1.54, 1.807) is 14.2 Å². The first-order valence-corrected chi connectivity index (χ1v) is 13.1. The number of methoxy groups -OCH3 is 2. The van der Waals surface area contributed by atoms with Gasteiger partial charge in [0.2, 0.25) is 0 Å². The molecule has 0 spiro atoms. The minimum absolute atomic E-state index is 0.288. The molecule has 0 radical (unpaired) electrons. The minimum atomic E-state index is -0.288. The molecule has 5 aromatic rings. The predicted molar refractivity (Wildman–Crippen MR) is 156 cm³/mol. The molecule has 1 heterocycles. The van der Waals surface area contributed by atoms with Crippen molar-refractivity contribution in [3.05, 3.63) is 114 Å². The molecule has 5 rings (SSSR count). The van der Waals surface area contributed by atoms with Crippen molar-refractivity contribution in [3.63, 3.8) is 0 Å². The number of amides is 2. The van der Waals surface area contributed by atoms with E-state index in [4.69, 9.17) is 19.3 Å². The molecule has 2 amide bonds. The van der Waals surface area contributed by atoms with Crippen LogP contribution < -0.4 is 24.8 Å². The average Bonchev–Trinajstić information content (AvgIpc) is 3.33. The molecule has 0 aliphatic heterocycles. The van der Waals surface area contributed by atoms with Crippen molar-refractivity contribution in [3.8, 4) is 17.2 Å². The Morgan fingerprint density at radius 1 is 0.775 bits per heavy atom. The summed E-state index contributed by atoms with van der Waals surface area (Å²) in [4.78, 5) is 12.6. The van der Waals surface area contributed by atoms with Crippen LogP contribution in [0.25, 0.3) is 10.9 Å². The number of carbonyl (C=O) groups excluding carboxylic acids is 1. The van der Waals surface area contributed by atoms with E-state index in [-0.39, 0.29) is 6.03 Å². The lowest BCUT2D eigenvalue weighted by Crippen LogP contribution is -2.30. The van der Waals surface area contributed by atoms with Gasteiger partial charge in [0.05, 0.1) is 26.3 Å². The van der Waals surface area contributed by atoms with Gasteiger partial charge in [0, 0.05) is 18.0 Å². The largest absolute Gasteiger partial charge is 0.497 e. The second-order valence-corrected chi connectivity index (χ2v) is 9.29. The summed E-state index contributed by atoms with van der Waals surface area (Å²) in [5.74, 6) is 2.86. The number of hydrogen-bond donors (Lipinski definition) is 2. The van der Waals surface area contributed by atoms with Crippen LogP contribution in [0, 0.1) is 0 Å². The zero-order valence-electron chi connectivity index (χ0n) is 22.6. The Morgan fingerprint density at radius 3 is 2.25 bits per heavy atom. The Bertz CT molecular complexity index is 1560. The highest BCUT2D eigenvalue weighted by atomic mass is 16.5. The van der Waals surface area contributed by atoms with E-state index >= 15 is 0 Å². The summed E-state index contributed by atoms with van der Waals surface area (Å²) in [5.41, 5.74) is 4.22. The molecule has 0 aliphatic rings. The van der Waals surface area contributed by atoms with E-state index in [2.05, 4.69) is 34.9 Å². The van der Waals surface area contributed by atoms with Gasteiger partial charge in [-0.25, -0.2) is 4.79 Å². The molecule has 8 nitrogen and oxygen atoms in total. The average molecular weight is 537 g/mol. The number of nitrogens with zero attached hydrogens (tertiary/aromatic N) is 2. The first-order valence-electron chi connectivity index (χ1n) is 13.1. The topological polar surface area (TPSA) is 86.6 Å². The maximum absolute atomic E-state index is 12.6. The molecule has 0 aliphatic carbocycles. The molecule has 40 heavy (non-hydrogen) atoms. The lowest BCUT2D eigenvalue weighted by molar-refractivity contribution is 0.252. The number of urea groups is 1. The lowest BCUT2D eigenvalue weighted by Gasteiger charge is -2.09. The Hall–Kier alpha value is -4.98. The van der Waals surface area contributed by atoms with Crippen molar-refractivity contribution in [1.82, 2.24) is 15.1 Å². The zero-order valence-corrected chi connectivity index (χ0v) is 22.6. The van der Waals surface area contributed by atoms with E-state index < -0.39 is 0 Å². The summed E-state index contributed by atoms with van der Waals surface area (Å²) in [6.45, 7) is 1.53. The minimum Gasteiger partial charge on any atom is -0.497 e. The highest BCUT2D eigenvalue weighted by Gasteiger charge is 2.13.